The molecule has 2 aromatic rings. The third kappa shape index (κ3) is 3.58. The van der Waals surface area contributed by atoms with Gasteiger partial charge in [-0.2, -0.15) is 0 Å². The van der Waals surface area contributed by atoms with E-state index in [0.29, 0.717) is 5.56 Å². The van der Waals surface area contributed by atoms with Crippen LogP contribution in [-0.2, 0) is 22.2 Å². The molecule has 3 N–H and O–H groups in total. The molecule has 0 fully saturated rings. The second-order valence-electron chi connectivity index (χ2n) is 5.17. The molecular weight excluding hydrogens is 328 g/mol. The highest BCUT2D eigenvalue weighted by molar-refractivity contribution is 7.88. The van der Waals surface area contributed by atoms with Gasteiger partial charge in [0.05, 0.1) is 16.1 Å². The van der Waals surface area contributed by atoms with Crippen LogP contribution in [0.5, 0.6) is 0 Å². The summed E-state index contributed by atoms with van der Waals surface area (Å²) in [4.78, 5) is 1.35. The lowest BCUT2D eigenvalue weighted by Gasteiger charge is -2.14. The fraction of sp³-hybridized carbons (Fsp3) is 0.286. The molecule has 4 nitrogen and oxygen atoms in total. The molecule has 1 aliphatic carbocycles. The molecule has 7 heteroatoms. The molecule has 0 aliphatic heterocycles. The van der Waals surface area contributed by atoms with Crippen molar-refractivity contribution in [3.63, 3.8) is 0 Å². The van der Waals surface area contributed by atoms with Crippen molar-refractivity contribution in [2.24, 2.45) is 5.14 Å². The Morgan fingerprint density at radius 3 is 2.71 bits per heavy atom. The van der Waals surface area contributed by atoms with E-state index in [1.807, 2.05) is 18.2 Å². The summed E-state index contributed by atoms with van der Waals surface area (Å²) in [6, 6.07) is 9.63. The summed E-state index contributed by atoms with van der Waals surface area (Å²) in [5, 5.41) is 8.51. The third-order valence-corrected chi connectivity index (χ3v) is 5.59. The van der Waals surface area contributed by atoms with E-state index in [2.05, 4.69) is 5.32 Å². The zero-order valence-electron chi connectivity index (χ0n) is 11.2. The van der Waals surface area contributed by atoms with Crippen LogP contribution >= 0.6 is 22.9 Å². The molecule has 3 rings (SSSR count). The molecule has 1 aromatic heterocycles. The Morgan fingerprint density at radius 2 is 2.05 bits per heavy atom. The van der Waals surface area contributed by atoms with Gasteiger partial charge in [-0.15, -0.1) is 11.3 Å². The highest BCUT2D eigenvalue weighted by Crippen LogP contribution is 2.40. The number of nitrogens with two attached hydrogens (primary N) is 1. The Hall–Kier alpha value is -1.08. The standard InChI is InChI=1S/C14H15ClN2O2S2/c15-14-7-11-12(5-6-13(11)20-14)17-10-3-1-9(2-4-10)8-21(16,18)19/h1-4,7,12,17H,5-6,8H2,(H2,16,18,19). The van der Waals surface area contributed by atoms with Crippen LogP contribution in [0, 0.1) is 0 Å². The van der Waals surface area contributed by atoms with Gasteiger partial charge in [-0.3, -0.25) is 0 Å². The first kappa shape index (κ1) is 14.8. The molecule has 0 amide bonds. The topological polar surface area (TPSA) is 72.2 Å². The fourth-order valence-corrected chi connectivity index (χ4v) is 4.62. The van der Waals surface area contributed by atoms with Gasteiger partial charge in [-0.25, -0.2) is 13.6 Å². The molecule has 1 atom stereocenters. The number of primary sulfonamides is 1. The maximum atomic E-state index is 11.1. The zero-order valence-corrected chi connectivity index (χ0v) is 13.6. The number of aryl methyl sites for hydroxylation is 1. The Morgan fingerprint density at radius 1 is 1.33 bits per heavy atom. The minimum absolute atomic E-state index is 0.138. The minimum atomic E-state index is -3.48. The first-order chi connectivity index (χ1) is 9.90. The Bertz CT molecular complexity index is 754. The van der Waals surface area contributed by atoms with Crippen molar-refractivity contribution in [1.29, 1.82) is 0 Å². The van der Waals surface area contributed by atoms with Gasteiger partial charge >= 0.3 is 0 Å². The lowest BCUT2D eigenvalue weighted by molar-refractivity contribution is 0.597. The van der Waals surface area contributed by atoms with Gasteiger partial charge in [0.15, 0.2) is 0 Å². The molecule has 0 spiro atoms. The molecule has 0 bridgehead atoms. The van der Waals surface area contributed by atoms with Crippen molar-refractivity contribution < 1.29 is 8.42 Å². The SMILES string of the molecule is NS(=O)(=O)Cc1ccc(NC2CCc3sc(Cl)cc32)cc1. The summed E-state index contributed by atoms with van der Waals surface area (Å²) in [6.45, 7) is 0. The van der Waals surface area contributed by atoms with Crippen LogP contribution in [0.3, 0.4) is 0 Å². The average molecular weight is 343 g/mol. The van der Waals surface area contributed by atoms with E-state index < -0.39 is 10.0 Å². The van der Waals surface area contributed by atoms with Crippen molar-refractivity contribution in [1.82, 2.24) is 0 Å². The van der Waals surface area contributed by atoms with Crippen LogP contribution in [0.2, 0.25) is 4.34 Å². The lowest BCUT2D eigenvalue weighted by Crippen LogP contribution is -2.14. The second kappa shape index (κ2) is 5.61. The number of hydrogen-bond donors (Lipinski definition) is 2. The number of rotatable bonds is 4. The maximum absolute atomic E-state index is 11.1. The number of fused-ring (bicyclic) bond motifs is 1. The quantitative estimate of drug-likeness (QED) is 0.895. The van der Waals surface area contributed by atoms with Gasteiger partial charge in [0, 0.05) is 10.6 Å². The van der Waals surface area contributed by atoms with E-state index >= 15 is 0 Å². The van der Waals surface area contributed by atoms with E-state index in [1.165, 1.54) is 10.4 Å². The monoisotopic (exact) mass is 342 g/mol. The summed E-state index contributed by atoms with van der Waals surface area (Å²) < 4.78 is 22.9. The van der Waals surface area contributed by atoms with Crippen molar-refractivity contribution in [2.45, 2.75) is 24.6 Å². The largest absolute Gasteiger partial charge is 0.378 e. The predicted molar refractivity (Wildman–Crippen MR) is 87.3 cm³/mol. The number of nitrogens with one attached hydrogen (secondary N) is 1. The average Bonchev–Trinajstić information content (AvgIpc) is 2.91. The third-order valence-electron chi connectivity index (χ3n) is 3.51. The van der Waals surface area contributed by atoms with Gasteiger partial charge in [-0.05, 0) is 42.2 Å². The van der Waals surface area contributed by atoms with Crippen molar-refractivity contribution >= 4 is 38.6 Å². The van der Waals surface area contributed by atoms with Crippen LogP contribution in [0.25, 0.3) is 0 Å². The van der Waals surface area contributed by atoms with E-state index in [4.69, 9.17) is 16.7 Å². The predicted octanol–water partition coefficient (Wildman–Crippen LogP) is 3.29. The first-order valence-electron chi connectivity index (χ1n) is 6.55. The summed E-state index contributed by atoms with van der Waals surface area (Å²) in [6.07, 6.45) is 2.10. The number of hydrogen-bond acceptors (Lipinski definition) is 4. The Balaban J connectivity index is 1.72. The number of benzene rings is 1. The Kier molecular flexibility index (Phi) is 3.96. The molecule has 1 heterocycles. The highest BCUT2D eigenvalue weighted by Gasteiger charge is 2.24. The van der Waals surface area contributed by atoms with Crippen molar-refractivity contribution in [3.05, 3.63) is 50.7 Å². The smallest absolute Gasteiger partial charge is 0.213 e. The summed E-state index contributed by atoms with van der Waals surface area (Å²) in [5.41, 5.74) is 2.93. The van der Waals surface area contributed by atoms with Gasteiger partial charge in [0.25, 0.3) is 0 Å². The molecule has 112 valence electrons. The fourth-order valence-electron chi connectivity index (χ4n) is 2.61. The number of halogens is 1. The normalized spacial score (nSPS) is 17.7. The lowest BCUT2D eigenvalue weighted by atomic mass is 10.1. The molecule has 0 radical (unpaired) electrons. The van der Waals surface area contributed by atoms with E-state index in [9.17, 15) is 8.42 Å². The first-order valence-corrected chi connectivity index (χ1v) is 9.46. The molecule has 1 unspecified atom stereocenters. The van der Waals surface area contributed by atoms with Crippen LogP contribution in [0.4, 0.5) is 5.69 Å². The van der Waals surface area contributed by atoms with Gasteiger partial charge in [-0.1, -0.05) is 23.7 Å². The van der Waals surface area contributed by atoms with Crippen LogP contribution < -0.4 is 10.5 Å². The molecule has 1 aromatic carbocycles. The highest BCUT2D eigenvalue weighted by atomic mass is 35.5. The Labute approximate surface area is 133 Å². The molecule has 21 heavy (non-hydrogen) atoms. The van der Waals surface area contributed by atoms with Gasteiger partial charge < -0.3 is 5.32 Å². The summed E-state index contributed by atoms with van der Waals surface area (Å²) in [5.74, 6) is -0.138. The van der Waals surface area contributed by atoms with Crippen LogP contribution in [0.1, 0.15) is 28.5 Å². The van der Waals surface area contributed by atoms with Crippen molar-refractivity contribution in [2.75, 3.05) is 5.32 Å². The molecule has 1 aliphatic rings. The van der Waals surface area contributed by atoms with Crippen LogP contribution in [0.15, 0.2) is 30.3 Å². The summed E-state index contributed by atoms with van der Waals surface area (Å²) in [7, 11) is -3.48. The summed E-state index contributed by atoms with van der Waals surface area (Å²) >= 11 is 7.70. The van der Waals surface area contributed by atoms with E-state index in [0.717, 1.165) is 22.9 Å². The second-order valence-corrected chi connectivity index (χ2v) is 8.55. The molecule has 0 saturated carbocycles. The number of anilines is 1. The maximum Gasteiger partial charge on any atom is 0.213 e. The number of sulfonamides is 1. The van der Waals surface area contributed by atoms with Crippen LogP contribution in [-0.4, -0.2) is 8.42 Å². The van der Waals surface area contributed by atoms with E-state index in [-0.39, 0.29) is 11.8 Å². The minimum Gasteiger partial charge on any atom is -0.378 e. The molecular formula is C14H15ClN2O2S2. The van der Waals surface area contributed by atoms with Gasteiger partial charge in [0.1, 0.15) is 0 Å². The van der Waals surface area contributed by atoms with Crippen molar-refractivity contribution in [3.8, 4) is 0 Å². The molecule has 0 saturated heterocycles. The number of thiophene rings is 1. The zero-order chi connectivity index (χ0) is 15.0. The van der Waals surface area contributed by atoms with Gasteiger partial charge in [0.2, 0.25) is 10.0 Å². The van der Waals surface area contributed by atoms with E-state index in [1.54, 1.807) is 23.5 Å².